The lowest BCUT2D eigenvalue weighted by molar-refractivity contribution is -0.0394. The lowest BCUT2D eigenvalue weighted by Crippen LogP contribution is -2.36. The fourth-order valence-corrected chi connectivity index (χ4v) is 5.26. The van der Waals surface area contributed by atoms with Gasteiger partial charge in [0.25, 0.3) is 0 Å². The molecule has 3 atom stereocenters. The fraction of sp³-hybridized carbons (Fsp3) is 0.483. The molecule has 2 saturated heterocycles. The first-order chi connectivity index (χ1) is 20.2. The smallest absolute Gasteiger partial charge is 0.410 e. The number of amides is 1. The van der Waals surface area contributed by atoms with E-state index in [1.165, 1.54) is 4.90 Å². The fourth-order valence-electron chi connectivity index (χ4n) is 5.26. The van der Waals surface area contributed by atoms with E-state index < -0.39 is 23.9 Å². The molecule has 0 aromatic carbocycles. The van der Waals surface area contributed by atoms with Gasteiger partial charge in [-0.2, -0.15) is 10.2 Å². The molecule has 42 heavy (non-hydrogen) atoms. The van der Waals surface area contributed by atoms with Gasteiger partial charge in [0.2, 0.25) is 0 Å². The largest absolute Gasteiger partial charge is 0.444 e. The molecule has 6 heterocycles. The maximum atomic E-state index is 14.9. The quantitative estimate of drug-likeness (QED) is 0.345. The number of nitrogens with zero attached hydrogens (tertiary/aromatic N) is 7. The summed E-state index contributed by atoms with van der Waals surface area (Å²) in [6, 6.07) is 6.54. The molecule has 1 unspecified atom stereocenters. The Labute approximate surface area is 242 Å². The van der Waals surface area contributed by atoms with Crippen LogP contribution in [0.3, 0.4) is 0 Å². The number of hydrogen-bond acceptors (Lipinski definition) is 9. The number of halogens is 1. The number of imidazole rings is 1. The van der Waals surface area contributed by atoms with Gasteiger partial charge in [0.05, 0.1) is 37.3 Å². The van der Waals surface area contributed by atoms with Crippen LogP contribution in [0.2, 0.25) is 0 Å². The number of fused-ring (bicyclic) bond motifs is 1. The molecule has 222 valence electrons. The van der Waals surface area contributed by atoms with Gasteiger partial charge < -0.3 is 24.8 Å². The number of alkyl halides is 1. The number of aliphatic hydroxyl groups excluding tert-OH is 1. The zero-order valence-corrected chi connectivity index (χ0v) is 23.9. The van der Waals surface area contributed by atoms with Crippen molar-refractivity contribution < 1.29 is 23.8 Å². The van der Waals surface area contributed by atoms with Crippen LogP contribution >= 0.6 is 0 Å². The summed E-state index contributed by atoms with van der Waals surface area (Å²) in [6.07, 6.45) is 6.37. The Balaban J connectivity index is 1.25. The van der Waals surface area contributed by atoms with Crippen molar-refractivity contribution in [3.8, 4) is 22.6 Å². The number of ether oxygens (including phenoxy) is 2. The van der Waals surface area contributed by atoms with E-state index >= 15 is 0 Å². The van der Waals surface area contributed by atoms with E-state index in [0.29, 0.717) is 40.7 Å². The van der Waals surface area contributed by atoms with Crippen LogP contribution in [-0.4, -0.2) is 83.0 Å². The molecule has 2 aliphatic rings. The Morgan fingerprint density at radius 1 is 1.24 bits per heavy atom. The average molecular weight is 579 g/mol. The maximum absolute atomic E-state index is 14.9. The maximum Gasteiger partial charge on any atom is 0.410 e. The summed E-state index contributed by atoms with van der Waals surface area (Å²) in [7, 11) is 0. The van der Waals surface area contributed by atoms with Gasteiger partial charge >= 0.3 is 6.09 Å². The van der Waals surface area contributed by atoms with E-state index in [0.717, 1.165) is 24.8 Å². The van der Waals surface area contributed by atoms with Crippen molar-refractivity contribution in [3.63, 3.8) is 0 Å². The molecular weight excluding hydrogens is 543 g/mol. The first kappa shape index (κ1) is 28.0. The van der Waals surface area contributed by atoms with Crippen molar-refractivity contribution in [2.24, 2.45) is 0 Å². The van der Waals surface area contributed by atoms with Crippen LogP contribution < -0.4 is 5.32 Å². The number of likely N-dealkylation sites (tertiary alicyclic amines) is 1. The molecule has 2 aliphatic heterocycles. The van der Waals surface area contributed by atoms with Gasteiger partial charge in [-0.3, -0.25) is 0 Å². The van der Waals surface area contributed by atoms with Gasteiger partial charge in [-0.25, -0.2) is 28.4 Å². The Morgan fingerprint density at radius 2 is 2.10 bits per heavy atom. The van der Waals surface area contributed by atoms with Gasteiger partial charge in [0.1, 0.15) is 35.2 Å². The van der Waals surface area contributed by atoms with Crippen LogP contribution in [-0.2, 0) is 16.1 Å². The normalized spacial score (nSPS) is 21.2. The molecule has 0 spiro atoms. The second kappa shape index (κ2) is 11.3. The zero-order valence-electron chi connectivity index (χ0n) is 23.9. The molecule has 4 aromatic rings. The average Bonchev–Trinajstić information content (AvgIpc) is 3.71. The third-order valence-electron chi connectivity index (χ3n) is 7.31. The molecule has 0 aliphatic carbocycles. The van der Waals surface area contributed by atoms with Crippen molar-refractivity contribution >= 4 is 17.6 Å². The Hall–Kier alpha value is -4.10. The molecule has 0 radical (unpaired) electrons. The van der Waals surface area contributed by atoms with Crippen LogP contribution in [0.25, 0.3) is 28.3 Å². The second-order valence-corrected chi connectivity index (χ2v) is 11.7. The highest BCUT2D eigenvalue weighted by Gasteiger charge is 2.37. The van der Waals surface area contributed by atoms with Crippen LogP contribution in [0.15, 0.2) is 42.9 Å². The van der Waals surface area contributed by atoms with Crippen molar-refractivity contribution in [1.29, 1.82) is 0 Å². The van der Waals surface area contributed by atoms with Crippen LogP contribution in [0.1, 0.15) is 51.8 Å². The summed E-state index contributed by atoms with van der Waals surface area (Å²) < 4.78 is 29.6. The minimum absolute atomic E-state index is 0.0527. The van der Waals surface area contributed by atoms with Crippen molar-refractivity contribution in [1.82, 2.24) is 34.3 Å². The predicted molar refractivity (Wildman–Crippen MR) is 152 cm³/mol. The van der Waals surface area contributed by atoms with Gasteiger partial charge in [-0.05, 0) is 58.2 Å². The Bertz CT molecular complexity index is 1580. The zero-order chi connectivity index (χ0) is 29.4. The standard InChI is InChI=1S/C29H35FN8O4/c1-29(2,3)42-28(40)36-15-20(30)22(16-36)34-24-8-6-7-21(33-24)23-13-31-25-11-18(17-39)27(35-38(23)25)19-12-32-37(14-19)26-9-4-5-10-41-26/h6-8,11-14,20,22,26,39H,4-5,9-10,15-17H2,1-3H3,(H,33,34)/t20-,22-,26?/m0/s1. The predicted octanol–water partition coefficient (Wildman–Crippen LogP) is 4.22. The molecule has 4 aromatic heterocycles. The SMILES string of the molecule is CC(C)(C)OC(=O)N1C[C@H](Nc2cccc(-c3cnc4cc(CO)c(-c5cnn(C6CCCCO6)c5)nn34)n2)[C@@H](F)C1. The number of anilines is 1. The summed E-state index contributed by atoms with van der Waals surface area (Å²) in [6.45, 7) is 5.94. The van der Waals surface area contributed by atoms with Crippen LogP contribution in [0, 0.1) is 0 Å². The van der Waals surface area contributed by atoms with E-state index in [9.17, 15) is 14.3 Å². The molecule has 1 amide bonds. The van der Waals surface area contributed by atoms with E-state index in [2.05, 4.69) is 15.4 Å². The van der Waals surface area contributed by atoms with Crippen LogP contribution in [0.5, 0.6) is 0 Å². The van der Waals surface area contributed by atoms with Gasteiger partial charge in [0.15, 0.2) is 5.65 Å². The molecular formula is C29H35FN8O4. The van der Waals surface area contributed by atoms with E-state index in [1.54, 1.807) is 54.5 Å². The van der Waals surface area contributed by atoms with Crippen molar-refractivity contribution in [3.05, 3.63) is 48.4 Å². The first-order valence-corrected chi connectivity index (χ1v) is 14.2. The summed E-state index contributed by atoms with van der Waals surface area (Å²) in [5.41, 5.74) is 3.05. The molecule has 6 rings (SSSR count). The summed E-state index contributed by atoms with van der Waals surface area (Å²) in [5, 5.41) is 22.6. The van der Waals surface area contributed by atoms with Crippen molar-refractivity contribution in [2.45, 2.75) is 70.7 Å². The Kier molecular flexibility index (Phi) is 7.54. The third kappa shape index (κ3) is 5.79. The highest BCUT2D eigenvalue weighted by molar-refractivity contribution is 5.69. The Morgan fingerprint density at radius 3 is 2.86 bits per heavy atom. The number of nitrogens with one attached hydrogen (secondary N) is 1. The molecule has 13 heteroatoms. The number of carbonyl (C=O) groups is 1. The molecule has 12 nitrogen and oxygen atoms in total. The number of carbonyl (C=O) groups excluding carboxylic acids is 1. The number of aliphatic hydroxyl groups is 1. The van der Waals surface area contributed by atoms with Gasteiger partial charge in [-0.1, -0.05) is 6.07 Å². The summed E-state index contributed by atoms with van der Waals surface area (Å²) >= 11 is 0. The molecule has 2 N–H and O–H groups in total. The molecule has 0 bridgehead atoms. The number of rotatable bonds is 6. The van der Waals surface area contributed by atoms with E-state index in [-0.39, 0.29) is 25.9 Å². The minimum atomic E-state index is -1.28. The lowest BCUT2D eigenvalue weighted by Gasteiger charge is -2.24. The monoisotopic (exact) mass is 578 g/mol. The summed E-state index contributed by atoms with van der Waals surface area (Å²) in [4.78, 5) is 23.0. The highest BCUT2D eigenvalue weighted by atomic mass is 19.1. The number of pyridine rings is 1. The van der Waals surface area contributed by atoms with E-state index in [1.807, 2.05) is 18.3 Å². The van der Waals surface area contributed by atoms with Crippen LogP contribution in [0.4, 0.5) is 15.0 Å². The minimum Gasteiger partial charge on any atom is -0.444 e. The number of aromatic nitrogens is 6. The first-order valence-electron chi connectivity index (χ1n) is 14.2. The number of hydrogen-bond donors (Lipinski definition) is 2. The summed E-state index contributed by atoms with van der Waals surface area (Å²) in [5.74, 6) is 0.460. The molecule has 2 fully saturated rings. The van der Waals surface area contributed by atoms with Gasteiger partial charge in [-0.15, -0.1) is 0 Å². The lowest BCUT2D eigenvalue weighted by atomic mass is 10.1. The van der Waals surface area contributed by atoms with Crippen molar-refractivity contribution in [2.75, 3.05) is 25.0 Å². The van der Waals surface area contributed by atoms with Gasteiger partial charge in [0, 0.05) is 30.5 Å². The molecule has 0 saturated carbocycles. The van der Waals surface area contributed by atoms with E-state index in [4.69, 9.17) is 19.6 Å². The topological polar surface area (TPSA) is 132 Å². The highest BCUT2D eigenvalue weighted by Crippen LogP contribution is 2.29. The second-order valence-electron chi connectivity index (χ2n) is 11.7. The third-order valence-corrected chi connectivity index (χ3v) is 7.31.